The average Bonchev–Trinajstić information content (AvgIpc) is 3.72. The Morgan fingerprint density at radius 3 is 2.76 bits per heavy atom. The summed E-state index contributed by atoms with van der Waals surface area (Å²) in [6, 6.07) is 0.591. The van der Waals surface area contributed by atoms with Gasteiger partial charge in [-0.3, -0.25) is 39.0 Å². The molecule has 24 heteroatoms. The highest BCUT2D eigenvalue weighted by Crippen LogP contribution is 2.55. The molecule has 0 aromatic carbocycles. The lowest BCUT2D eigenvalue weighted by molar-refractivity contribution is -0.127. The van der Waals surface area contributed by atoms with E-state index in [1.165, 1.54) is 34.4 Å². The smallest absolute Gasteiger partial charge is 0.397 e. The van der Waals surface area contributed by atoms with Crippen LogP contribution in [0.25, 0.3) is 11.2 Å². The Morgan fingerprint density at radius 2 is 1.96 bits per heavy atom. The van der Waals surface area contributed by atoms with Crippen LogP contribution in [0.15, 0.2) is 23.6 Å². The Kier molecular flexibility index (Phi) is 8.20. The topological polar surface area (TPSA) is 243 Å². The third-order valence-corrected chi connectivity index (χ3v) is 11.9. The lowest BCUT2D eigenvalue weighted by Crippen LogP contribution is -2.70. The maximum atomic E-state index is 16.0. The summed E-state index contributed by atoms with van der Waals surface area (Å²) in [5, 5.41) is 3.29. The van der Waals surface area contributed by atoms with E-state index in [0.29, 0.717) is 0 Å². The number of nitrogens with zero attached hydrogens (tertiary/aromatic N) is 5. The lowest BCUT2D eigenvalue weighted by atomic mass is 10.1. The molecule has 4 saturated heterocycles. The van der Waals surface area contributed by atoms with Crippen molar-refractivity contribution < 1.29 is 50.8 Å². The van der Waals surface area contributed by atoms with Gasteiger partial charge in [0.25, 0.3) is 5.91 Å². The van der Waals surface area contributed by atoms with E-state index in [0.717, 1.165) is 11.8 Å². The number of aromatic nitrogens is 3. The van der Waals surface area contributed by atoms with Crippen molar-refractivity contribution in [3.05, 3.63) is 18.6 Å². The number of carbonyl (C=O) groups excluding carboxylic acids is 1. The second kappa shape index (κ2) is 11.7. The van der Waals surface area contributed by atoms with Gasteiger partial charge in [0.05, 0.1) is 36.8 Å². The second-order valence-corrected chi connectivity index (χ2v) is 16.2. The number of halogens is 2. The Balaban J connectivity index is 1.16. The van der Waals surface area contributed by atoms with Gasteiger partial charge in [-0.2, -0.15) is 0 Å². The Bertz CT molecular complexity index is 1630. The van der Waals surface area contributed by atoms with Crippen LogP contribution < -0.4 is 22.1 Å². The molecule has 8 N–H and O–H groups in total. The van der Waals surface area contributed by atoms with Crippen LogP contribution in [0.4, 0.5) is 14.5 Å². The number of ether oxygens (including phenoxy) is 1. The number of phosphoric ester groups is 1. The predicted octanol–water partition coefficient (Wildman–Crippen LogP) is -0.837. The quantitative estimate of drug-likeness (QED) is 0.208. The summed E-state index contributed by atoms with van der Waals surface area (Å²) in [5.74, 6) is -0.461. The maximum absolute atomic E-state index is 16.0. The van der Waals surface area contributed by atoms with Gasteiger partial charge in [-0.15, -0.1) is 11.8 Å². The van der Waals surface area contributed by atoms with Crippen molar-refractivity contribution >= 4 is 67.2 Å². The van der Waals surface area contributed by atoms with Crippen molar-refractivity contribution in [3.8, 4) is 0 Å². The summed E-state index contributed by atoms with van der Waals surface area (Å²) in [6.45, 7) is -5.67. The number of alkyl halides is 2. The van der Waals surface area contributed by atoms with Crippen LogP contribution in [-0.2, 0) is 44.0 Å². The molecule has 4 fully saturated rings. The Hall–Kier alpha value is -1.91. The zero-order valence-electron chi connectivity index (χ0n) is 22.7. The van der Waals surface area contributed by atoms with Crippen molar-refractivity contribution in [2.24, 2.45) is 10.7 Å². The van der Waals surface area contributed by atoms with Gasteiger partial charge in [-0.05, 0) is 17.9 Å². The monoisotopic (exact) mass is 713 g/mol. The minimum Gasteiger partial charge on any atom is -0.397 e. The summed E-state index contributed by atoms with van der Waals surface area (Å²) < 4.78 is 73.6. The standard InChI is InChI=1S/C21H27F2N9O9P2S2/c22-10-9-4-37-42(34,35)40-14-8(39-19(11(14)23)31-5-27-12-7(24)1-2-26-16(12)31)3-38-43(36,44)41-15(10)20(45-9)32-6-28-13-17(32)29-21(25)30-18(13)33/h1-2,5-6,8-11,13-15,17,19-21,29H,3-4,25H2,(H2,24,26)(H,30,33)(H,34,35)(H,36,44)/t8-,9-,10+,11+,13?,14-,15-,17?,19-,20-,21?,43?/m1/s1. The summed E-state index contributed by atoms with van der Waals surface area (Å²) >= 11 is 6.12. The number of thioether (sulfide) groups is 1. The number of fused-ring (bicyclic) bond motifs is 5. The van der Waals surface area contributed by atoms with E-state index in [2.05, 4.69) is 25.6 Å². The van der Waals surface area contributed by atoms with Gasteiger partial charge in [0.2, 0.25) is 0 Å². The maximum Gasteiger partial charge on any atom is 0.472 e. The Labute approximate surface area is 262 Å². The van der Waals surface area contributed by atoms with E-state index in [4.69, 9.17) is 46.1 Å². The summed E-state index contributed by atoms with van der Waals surface area (Å²) in [6.07, 6.45) is -8.01. The van der Waals surface area contributed by atoms with Crippen molar-refractivity contribution in [2.75, 3.05) is 18.9 Å². The number of hydrogen-bond acceptors (Lipinski definition) is 16. The van der Waals surface area contributed by atoms with Gasteiger partial charge in [-0.25, -0.2) is 23.3 Å². The molecule has 5 aliphatic rings. The molecule has 5 unspecified atom stereocenters. The second-order valence-electron chi connectivity index (χ2n) is 10.7. The summed E-state index contributed by atoms with van der Waals surface area (Å²) in [7, 11) is -5.05. The summed E-state index contributed by atoms with van der Waals surface area (Å²) in [4.78, 5) is 48.0. The number of carbonyl (C=O) groups is 1. The minimum atomic E-state index is -5.05. The number of nitrogen functional groups attached to an aromatic ring is 1. The number of hydrogen-bond donors (Lipinski definition) is 6. The molecule has 0 saturated carbocycles. The highest BCUT2D eigenvalue weighted by atomic mass is 32.5. The molecular formula is C21H27F2N9O9P2S2. The highest BCUT2D eigenvalue weighted by Gasteiger charge is 2.56. The van der Waals surface area contributed by atoms with Crippen LogP contribution in [0, 0.1) is 0 Å². The van der Waals surface area contributed by atoms with Crippen molar-refractivity contribution in [2.45, 2.75) is 66.0 Å². The number of phosphoric acid groups is 1. The number of nitrogens with two attached hydrogens (primary N) is 2. The van der Waals surface area contributed by atoms with Gasteiger partial charge in [0.1, 0.15) is 47.8 Å². The first-order valence-electron chi connectivity index (χ1n) is 13.4. The molecule has 0 aliphatic carbocycles. The Morgan fingerprint density at radius 1 is 1.16 bits per heavy atom. The number of amides is 1. The molecule has 0 spiro atoms. The average molecular weight is 714 g/mol. The fourth-order valence-corrected chi connectivity index (χ4v) is 9.81. The first kappa shape index (κ1) is 31.7. The number of nitrogens with one attached hydrogen (secondary N) is 2. The van der Waals surface area contributed by atoms with Gasteiger partial charge in [0, 0.05) is 6.20 Å². The summed E-state index contributed by atoms with van der Waals surface area (Å²) in [5.41, 5.74) is 12.5. The highest BCUT2D eigenvalue weighted by molar-refractivity contribution is 8.07. The predicted molar refractivity (Wildman–Crippen MR) is 156 cm³/mol. The van der Waals surface area contributed by atoms with E-state index in [1.807, 2.05) is 0 Å². The first-order valence-corrected chi connectivity index (χ1v) is 18.4. The molecule has 1 amide bonds. The van der Waals surface area contributed by atoms with Crippen molar-refractivity contribution in [3.63, 3.8) is 0 Å². The van der Waals surface area contributed by atoms with E-state index in [-0.39, 0.29) is 16.9 Å². The fraction of sp³-hybridized carbons (Fsp3) is 0.619. The van der Waals surface area contributed by atoms with Gasteiger partial charge >= 0.3 is 14.5 Å². The molecule has 246 valence electrons. The van der Waals surface area contributed by atoms with Gasteiger partial charge in [0.15, 0.2) is 24.1 Å². The van der Waals surface area contributed by atoms with E-state index in [9.17, 15) is 19.1 Å². The normalized spacial score (nSPS) is 45.4. The van der Waals surface area contributed by atoms with Crippen LogP contribution in [0.3, 0.4) is 0 Å². The van der Waals surface area contributed by atoms with Crippen LogP contribution in [0.5, 0.6) is 0 Å². The molecule has 2 bridgehead atoms. The number of imidazole rings is 1. The molecule has 5 aliphatic heterocycles. The molecule has 2 aromatic heterocycles. The van der Waals surface area contributed by atoms with Crippen molar-refractivity contribution in [1.29, 1.82) is 0 Å². The SMILES string of the molecule is Nc1ccnc2c1ncn2[C@@H]1O[C@@H]2COP(O)(=S)O[C@@H]3[C@@H](F)[C@@H](COP(=O)(O)O[C@H]2[C@@H]1F)S[C@H]3N1C=NC2C(=O)NC(N)NC21. The molecule has 45 heavy (non-hydrogen) atoms. The molecule has 18 nitrogen and oxygen atoms in total. The fourth-order valence-electron chi connectivity index (χ4n) is 5.74. The third kappa shape index (κ3) is 5.79. The molecule has 7 heterocycles. The largest absolute Gasteiger partial charge is 0.472 e. The number of pyridine rings is 1. The lowest BCUT2D eigenvalue weighted by Gasteiger charge is -2.39. The first-order chi connectivity index (χ1) is 21.3. The molecular weight excluding hydrogens is 686 g/mol. The zero-order chi connectivity index (χ0) is 31.8. The van der Waals surface area contributed by atoms with Gasteiger partial charge < -0.3 is 35.0 Å². The number of rotatable bonds is 2. The third-order valence-electron chi connectivity index (χ3n) is 7.80. The van der Waals surface area contributed by atoms with Crippen LogP contribution in [-0.4, -0.2) is 114 Å². The number of anilines is 1. The molecule has 2 aromatic rings. The number of aliphatic imine (C=N–C) groups is 1. The van der Waals surface area contributed by atoms with Crippen molar-refractivity contribution in [1.82, 2.24) is 30.1 Å². The van der Waals surface area contributed by atoms with E-state index < -0.39 is 99.7 Å². The molecule has 7 rings (SSSR count). The molecule has 0 radical (unpaired) electrons. The van der Waals surface area contributed by atoms with E-state index in [1.54, 1.807) is 0 Å². The zero-order valence-corrected chi connectivity index (χ0v) is 26.1. The van der Waals surface area contributed by atoms with E-state index >= 15 is 8.78 Å². The minimum absolute atomic E-state index is 0.170. The van der Waals surface area contributed by atoms with Crippen LogP contribution in [0.1, 0.15) is 6.23 Å². The van der Waals surface area contributed by atoms with Crippen LogP contribution >= 0.6 is 26.3 Å². The van der Waals surface area contributed by atoms with Crippen LogP contribution in [0.2, 0.25) is 0 Å². The van der Waals surface area contributed by atoms with Gasteiger partial charge in [-0.1, -0.05) is 0 Å². The molecule has 13 atom stereocenters.